The molecule has 0 aliphatic heterocycles. The van der Waals surface area contributed by atoms with Crippen LogP contribution < -0.4 is 5.32 Å². The van der Waals surface area contributed by atoms with Gasteiger partial charge < -0.3 is 10.1 Å². The first kappa shape index (κ1) is 15.4. The molecule has 0 radical (unpaired) electrons. The minimum absolute atomic E-state index is 0.157. The second-order valence-electron chi connectivity index (χ2n) is 5.36. The van der Waals surface area contributed by atoms with E-state index in [2.05, 4.69) is 5.32 Å². The highest BCUT2D eigenvalue weighted by atomic mass is 35.5. The van der Waals surface area contributed by atoms with Crippen molar-refractivity contribution in [1.82, 2.24) is 5.32 Å². The highest BCUT2D eigenvalue weighted by Crippen LogP contribution is 2.17. The van der Waals surface area contributed by atoms with Gasteiger partial charge in [-0.25, -0.2) is 4.39 Å². The number of hydrogen-bond acceptors (Lipinski definition) is 2. The number of nitrogens with one attached hydrogen (secondary N) is 1. The van der Waals surface area contributed by atoms with Crippen molar-refractivity contribution in [3.63, 3.8) is 0 Å². The first-order chi connectivity index (χ1) is 8.31. The molecule has 1 atom stereocenters. The van der Waals surface area contributed by atoms with Gasteiger partial charge in [0.15, 0.2) is 0 Å². The molecule has 0 saturated heterocycles. The number of benzene rings is 1. The maximum atomic E-state index is 13.3. The molecule has 2 nitrogen and oxygen atoms in total. The summed E-state index contributed by atoms with van der Waals surface area (Å²) in [5.74, 6) is -0.374. The highest BCUT2D eigenvalue weighted by molar-refractivity contribution is 6.30. The Morgan fingerprint density at radius 1 is 1.39 bits per heavy atom. The first-order valence-corrected chi connectivity index (χ1v) is 6.45. The normalized spacial score (nSPS) is 13.7. The van der Waals surface area contributed by atoms with Crippen LogP contribution in [0.2, 0.25) is 5.02 Å². The molecule has 1 N–H and O–H groups in total. The Balaban J connectivity index is 2.59. The molecule has 0 aliphatic rings. The Labute approximate surface area is 113 Å². The smallest absolute Gasteiger partial charge is 0.142 e. The average Bonchev–Trinajstić information content (AvgIpc) is 2.28. The number of ether oxygens (including phenoxy) is 1. The maximum absolute atomic E-state index is 13.3. The van der Waals surface area contributed by atoms with Crippen LogP contribution in [0.3, 0.4) is 0 Å². The third kappa shape index (κ3) is 5.34. The summed E-state index contributed by atoms with van der Waals surface area (Å²) in [6, 6.07) is 5.06. The number of hydrogen-bond donors (Lipinski definition) is 1. The van der Waals surface area contributed by atoms with Crippen molar-refractivity contribution in [3.05, 3.63) is 34.6 Å². The third-order valence-corrected chi connectivity index (χ3v) is 2.90. The van der Waals surface area contributed by atoms with Gasteiger partial charge in [-0.15, -0.1) is 0 Å². The first-order valence-electron chi connectivity index (χ1n) is 6.07. The molecule has 1 unspecified atom stereocenters. The second-order valence-corrected chi connectivity index (χ2v) is 5.77. The van der Waals surface area contributed by atoms with E-state index in [1.807, 2.05) is 33.9 Å². The van der Waals surface area contributed by atoms with Crippen molar-refractivity contribution in [2.24, 2.45) is 0 Å². The quantitative estimate of drug-likeness (QED) is 0.888. The van der Waals surface area contributed by atoms with E-state index in [1.165, 1.54) is 6.07 Å². The van der Waals surface area contributed by atoms with Crippen LogP contribution in [0.5, 0.6) is 0 Å². The Kier molecular flexibility index (Phi) is 5.57. The van der Waals surface area contributed by atoms with Gasteiger partial charge in [0.25, 0.3) is 0 Å². The second kappa shape index (κ2) is 6.50. The molecule has 102 valence electrons. The molecule has 0 saturated carbocycles. The highest BCUT2D eigenvalue weighted by Gasteiger charge is 2.15. The molecule has 0 spiro atoms. The van der Waals surface area contributed by atoms with Crippen LogP contribution in [0.25, 0.3) is 0 Å². The van der Waals surface area contributed by atoms with Crippen LogP contribution in [0.4, 0.5) is 4.39 Å². The zero-order valence-electron chi connectivity index (χ0n) is 11.4. The van der Waals surface area contributed by atoms with E-state index in [4.69, 9.17) is 16.3 Å². The summed E-state index contributed by atoms with van der Waals surface area (Å²) in [6.07, 6.45) is 0.709. The van der Waals surface area contributed by atoms with E-state index in [0.29, 0.717) is 13.0 Å². The summed E-state index contributed by atoms with van der Waals surface area (Å²) in [7, 11) is 1.88. The van der Waals surface area contributed by atoms with Crippen molar-refractivity contribution in [3.8, 4) is 0 Å². The van der Waals surface area contributed by atoms with Gasteiger partial charge in [-0.3, -0.25) is 0 Å². The predicted molar refractivity (Wildman–Crippen MR) is 73.7 cm³/mol. The summed E-state index contributed by atoms with van der Waals surface area (Å²) in [6.45, 7) is 6.63. The van der Waals surface area contributed by atoms with Gasteiger partial charge in [-0.2, -0.15) is 0 Å². The molecule has 0 heterocycles. The van der Waals surface area contributed by atoms with Gasteiger partial charge in [0.05, 0.1) is 17.2 Å². The fourth-order valence-corrected chi connectivity index (χ4v) is 1.66. The average molecular weight is 274 g/mol. The van der Waals surface area contributed by atoms with E-state index in [9.17, 15) is 4.39 Å². The van der Waals surface area contributed by atoms with E-state index < -0.39 is 0 Å². The van der Waals surface area contributed by atoms with Gasteiger partial charge in [-0.1, -0.05) is 17.7 Å². The summed E-state index contributed by atoms with van der Waals surface area (Å²) in [5, 5.41) is 3.33. The van der Waals surface area contributed by atoms with Crippen molar-refractivity contribution < 1.29 is 9.13 Å². The molecule has 1 aromatic rings. The van der Waals surface area contributed by atoms with Crippen LogP contribution in [0.15, 0.2) is 18.2 Å². The fourth-order valence-electron chi connectivity index (χ4n) is 1.55. The lowest BCUT2D eigenvalue weighted by Crippen LogP contribution is -2.36. The summed E-state index contributed by atoms with van der Waals surface area (Å²) < 4.78 is 19.1. The lowest BCUT2D eigenvalue weighted by molar-refractivity contribution is -0.0134. The monoisotopic (exact) mass is 273 g/mol. The molecule has 18 heavy (non-hydrogen) atoms. The largest absolute Gasteiger partial charge is 0.374 e. The molecular formula is C14H21ClFNO. The Morgan fingerprint density at radius 3 is 2.56 bits per heavy atom. The van der Waals surface area contributed by atoms with E-state index in [-0.39, 0.29) is 22.5 Å². The van der Waals surface area contributed by atoms with Gasteiger partial charge >= 0.3 is 0 Å². The number of halogens is 2. The summed E-state index contributed by atoms with van der Waals surface area (Å²) >= 11 is 5.66. The lowest BCUT2D eigenvalue weighted by atomic mass is 10.1. The van der Waals surface area contributed by atoms with E-state index >= 15 is 0 Å². The van der Waals surface area contributed by atoms with Crippen molar-refractivity contribution in [2.45, 2.75) is 38.8 Å². The topological polar surface area (TPSA) is 21.3 Å². The minimum atomic E-state index is -0.374. The molecule has 1 aromatic carbocycles. The van der Waals surface area contributed by atoms with Crippen LogP contribution in [0.1, 0.15) is 26.3 Å². The zero-order valence-corrected chi connectivity index (χ0v) is 12.1. The molecule has 0 aromatic heterocycles. The molecule has 0 amide bonds. The SMILES string of the molecule is CNC(COC(C)(C)C)Cc1ccc(Cl)c(F)c1. The number of rotatable bonds is 5. The van der Waals surface area contributed by atoms with Crippen LogP contribution >= 0.6 is 11.6 Å². The van der Waals surface area contributed by atoms with Gasteiger partial charge in [0, 0.05) is 6.04 Å². The Morgan fingerprint density at radius 2 is 2.06 bits per heavy atom. The third-order valence-electron chi connectivity index (χ3n) is 2.59. The zero-order chi connectivity index (χ0) is 13.8. The van der Waals surface area contributed by atoms with E-state index in [1.54, 1.807) is 6.07 Å². The fraction of sp³-hybridized carbons (Fsp3) is 0.571. The Bertz CT molecular complexity index is 390. The summed E-state index contributed by atoms with van der Waals surface area (Å²) in [5.41, 5.74) is 0.745. The Hall–Kier alpha value is -0.640. The van der Waals surface area contributed by atoms with Gasteiger partial charge in [0.2, 0.25) is 0 Å². The van der Waals surface area contributed by atoms with Gasteiger partial charge in [0.1, 0.15) is 5.82 Å². The van der Waals surface area contributed by atoms with Crippen LogP contribution in [-0.2, 0) is 11.2 Å². The molecule has 0 bridgehead atoms. The minimum Gasteiger partial charge on any atom is -0.374 e. The standard InChI is InChI=1S/C14H21ClFNO/c1-14(2,3)18-9-11(17-4)7-10-5-6-12(15)13(16)8-10/h5-6,8,11,17H,7,9H2,1-4H3. The predicted octanol–water partition coefficient (Wildman–Crippen LogP) is 3.42. The summed E-state index contributed by atoms with van der Waals surface area (Å²) in [4.78, 5) is 0. The van der Waals surface area contributed by atoms with E-state index in [0.717, 1.165) is 5.56 Å². The van der Waals surface area contributed by atoms with Gasteiger partial charge in [-0.05, 0) is 51.9 Å². The molecule has 0 aliphatic carbocycles. The number of likely N-dealkylation sites (N-methyl/N-ethyl adjacent to an activating group) is 1. The molecule has 1 rings (SSSR count). The van der Waals surface area contributed by atoms with Crippen LogP contribution in [-0.4, -0.2) is 25.3 Å². The molecule has 4 heteroatoms. The maximum Gasteiger partial charge on any atom is 0.142 e. The van der Waals surface area contributed by atoms with Crippen LogP contribution in [0, 0.1) is 5.82 Å². The lowest BCUT2D eigenvalue weighted by Gasteiger charge is -2.24. The van der Waals surface area contributed by atoms with Crippen molar-refractivity contribution >= 4 is 11.6 Å². The van der Waals surface area contributed by atoms with Crippen molar-refractivity contribution in [1.29, 1.82) is 0 Å². The molecular weight excluding hydrogens is 253 g/mol. The van der Waals surface area contributed by atoms with Crippen molar-refractivity contribution in [2.75, 3.05) is 13.7 Å². The molecule has 0 fully saturated rings.